The van der Waals surface area contributed by atoms with Crippen LogP contribution in [0.3, 0.4) is 0 Å². The molecule has 0 aliphatic carbocycles. The van der Waals surface area contributed by atoms with Gasteiger partial charge in [-0.25, -0.2) is 4.98 Å². The molecule has 1 aliphatic heterocycles. The first-order chi connectivity index (χ1) is 7.97. The molecule has 1 saturated heterocycles. The van der Waals surface area contributed by atoms with Crippen molar-refractivity contribution in [2.45, 2.75) is 46.0 Å². The maximum atomic E-state index is 4.81. The Morgan fingerprint density at radius 3 is 2.82 bits per heavy atom. The summed E-state index contributed by atoms with van der Waals surface area (Å²) in [6.07, 6.45) is 2.47. The first kappa shape index (κ1) is 13.0. The summed E-state index contributed by atoms with van der Waals surface area (Å²) in [4.78, 5) is 4.81. The van der Waals surface area contributed by atoms with Crippen molar-refractivity contribution >= 4 is 11.3 Å². The number of nitrogens with zero attached hydrogens (tertiary/aromatic N) is 1. The predicted octanol–water partition coefficient (Wildman–Crippen LogP) is 3.23. The van der Waals surface area contributed by atoms with Gasteiger partial charge in [-0.2, -0.15) is 0 Å². The summed E-state index contributed by atoms with van der Waals surface area (Å²) in [5.41, 5.74) is 1.44. The van der Waals surface area contributed by atoms with Crippen LogP contribution in [-0.2, 0) is 11.8 Å². The highest BCUT2D eigenvalue weighted by Crippen LogP contribution is 2.28. The van der Waals surface area contributed by atoms with E-state index < -0.39 is 0 Å². The normalized spacial score (nSPS) is 26.1. The van der Waals surface area contributed by atoms with Gasteiger partial charge >= 0.3 is 0 Å². The minimum absolute atomic E-state index is 0.189. The molecule has 0 radical (unpaired) electrons. The maximum Gasteiger partial charge on any atom is 0.0931 e. The van der Waals surface area contributed by atoms with Gasteiger partial charge < -0.3 is 5.32 Å². The third kappa shape index (κ3) is 3.29. The van der Waals surface area contributed by atoms with Crippen molar-refractivity contribution in [3.05, 3.63) is 16.1 Å². The lowest BCUT2D eigenvalue weighted by Gasteiger charge is -2.28. The van der Waals surface area contributed by atoms with Crippen LogP contribution in [0.25, 0.3) is 0 Å². The third-order valence-electron chi connectivity index (χ3n) is 3.72. The minimum Gasteiger partial charge on any atom is -0.316 e. The van der Waals surface area contributed by atoms with Crippen molar-refractivity contribution in [1.82, 2.24) is 10.3 Å². The maximum absolute atomic E-state index is 4.81. The van der Waals surface area contributed by atoms with Crippen molar-refractivity contribution in [3.63, 3.8) is 0 Å². The predicted molar refractivity (Wildman–Crippen MR) is 74.7 cm³/mol. The summed E-state index contributed by atoms with van der Waals surface area (Å²) in [6, 6.07) is 0. The summed E-state index contributed by atoms with van der Waals surface area (Å²) in [7, 11) is 0. The Labute approximate surface area is 109 Å². The first-order valence-electron chi connectivity index (χ1n) is 6.62. The molecule has 2 heterocycles. The van der Waals surface area contributed by atoms with Crippen molar-refractivity contribution in [3.8, 4) is 0 Å². The van der Waals surface area contributed by atoms with E-state index in [1.54, 1.807) is 0 Å². The Bertz CT molecular complexity index is 365. The Morgan fingerprint density at radius 2 is 2.24 bits per heavy atom. The van der Waals surface area contributed by atoms with Gasteiger partial charge in [-0.1, -0.05) is 27.7 Å². The van der Waals surface area contributed by atoms with Crippen LogP contribution in [0, 0.1) is 11.8 Å². The van der Waals surface area contributed by atoms with Crippen LogP contribution < -0.4 is 5.32 Å². The van der Waals surface area contributed by atoms with Crippen LogP contribution in [0.1, 0.15) is 44.8 Å². The fraction of sp³-hybridized carbons (Fsp3) is 0.786. The average Bonchev–Trinajstić information content (AvgIpc) is 2.69. The van der Waals surface area contributed by atoms with Crippen LogP contribution in [0.4, 0.5) is 0 Å². The van der Waals surface area contributed by atoms with Gasteiger partial charge in [0, 0.05) is 17.2 Å². The molecule has 2 nitrogen and oxygen atoms in total. The summed E-state index contributed by atoms with van der Waals surface area (Å²) in [5, 5.41) is 7.03. The standard InChI is InChI=1S/C14H24N2S/c1-10-8-15-6-5-11(10)7-13-16-12(9-17-13)14(2,3)4/h9-11,15H,5-8H2,1-4H3. The molecular weight excluding hydrogens is 228 g/mol. The number of thiazole rings is 1. The zero-order valence-corrected chi connectivity index (χ0v) is 12.2. The number of piperidine rings is 1. The molecule has 1 N–H and O–H groups in total. The van der Waals surface area contributed by atoms with Gasteiger partial charge in [-0.15, -0.1) is 11.3 Å². The smallest absolute Gasteiger partial charge is 0.0931 e. The second kappa shape index (κ2) is 5.07. The van der Waals surface area contributed by atoms with Gasteiger partial charge in [0.05, 0.1) is 10.7 Å². The van der Waals surface area contributed by atoms with Crippen molar-refractivity contribution in [2.75, 3.05) is 13.1 Å². The van der Waals surface area contributed by atoms with E-state index in [0.717, 1.165) is 11.8 Å². The fourth-order valence-corrected chi connectivity index (χ4v) is 3.46. The second-order valence-electron chi connectivity index (χ2n) is 6.31. The molecule has 96 valence electrons. The molecular formula is C14H24N2S. The molecule has 0 spiro atoms. The average molecular weight is 252 g/mol. The lowest BCUT2D eigenvalue weighted by molar-refractivity contribution is 0.271. The number of hydrogen-bond donors (Lipinski definition) is 1. The molecule has 0 bridgehead atoms. The van der Waals surface area contributed by atoms with E-state index in [1.165, 1.54) is 36.6 Å². The summed E-state index contributed by atoms with van der Waals surface area (Å²) in [6.45, 7) is 11.4. The zero-order chi connectivity index (χ0) is 12.5. The largest absolute Gasteiger partial charge is 0.316 e. The van der Waals surface area contributed by atoms with E-state index in [1.807, 2.05) is 11.3 Å². The SMILES string of the molecule is CC1CNCCC1Cc1nc(C(C)(C)C)cs1. The minimum atomic E-state index is 0.189. The van der Waals surface area contributed by atoms with Crippen LogP contribution in [-0.4, -0.2) is 18.1 Å². The van der Waals surface area contributed by atoms with Gasteiger partial charge in [-0.3, -0.25) is 0 Å². The molecule has 1 aliphatic rings. The van der Waals surface area contributed by atoms with Crippen molar-refractivity contribution < 1.29 is 0 Å². The Morgan fingerprint density at radius 1 is 1.47 bits per heavy atom. The molecule has 2 unspecified atom stereocenters. The molecule has 2 rings (SSSR count). The Balaban J connectivity index is 2.01. The first-order valence-corrected chi connectivity index (χ1v) is 7.50. The van der Waals surface area contributed by atoms with E-state index in [2.05, 4.69) is 38.4 Å². The van der Waals surface area contributed by atoms with Crippen molar-refractivity contribution in [2.24, 2.45) is 11.8 Å². The highest BCUT2D eigenvalue weighted by atomic mass is 32.1. The lowest BCUT2D eigenvalue weighted by Crippen LogP contribution is -2.35. The molecule has 0 saturated carbocycles. The Hall–Kier alpha value is -0.410. The van der Waals surface area contributed by atoms with Crippen molar-refractivity contribution in [1.29, 1.82) is 0 Å². The second-order valence-corrected chi connectivity index (χ2v) is 7.25. The summed E-state index contributed by atoms with van der Waals surface area (Å²) < 4.78 is 0. The number of rotatable bonds is 2. The summed E-state index contributed by atoms with van der Waals surface area (Å²) >= 11 is 1.84. The van der Waals surface area contributed by atoms with E-state index in [-0.39, 0.29) is 5.41 Å². The third-order valence-corrected chi connectivity index (χ3v) is 4.59. The molecule has 1 fully saturated rings. The molecule has 1 aromatic rings. The number of hydrogen-bond acceptors (Lipinski definition) is 3. The molecule has 2 atom stereocenters. The van der Waals surface area contributed by atoms with Crippen LogP contribution in [0.5, 0.6) is 0 Å². The lowest BCUT2D eigenvalue weighted by atomic mass is 9.85. The van der Waals surface area contributed by atoms with E-state index in [9.17, 15) is 0 Å². The molecule has 0 amide bonds. The van der Waals surface area contributed by atoms with Gasteiger partial charge in [0.2, 0.25) is 0 Å². The fourth-order valence-electron chi connectivity index (χ4n) is 2.35. The van der Waals surface area contributed by atoms with Crippen LogP contribution >= 0.6 is 11.3 Å². The van der Waals surface area contributed by atoms with E-state index in [0.29, 0.717) is 0 Å². The van der Waals surface area contributed by atoms with Gasteiger partial charge in [-0.05, 0) is 31.3 Å². The van der Waals surface area contributed by atoms with E-state index in [4.69, 9.17) is 4.98 Å². The van der Waals surface area contributed by atoms with Gasteiger partial charge in [0.1, 0.15) is 0 Å². The highest BCUT2D eigenvalue weighted by molar-refractivity contribution is 7.09. The van der Waals surface area contributed by atoms with Gasteiger partial charge in [0.15, 0.2) is 0 Å². The highest BCUT2D eigenvalue weighted by Gasteiger charge is 2.23. The quantitative estimate of drug-likeness (QED) is 0.874. The molecule has 17 heavy (non-hydrogen) atoms. The Kier molecular flexibility index (Phi) is 3.88. The molecule has 3 heteroatoms. The topological polar surface area (TPSA) is 24.9 Å². The number of nitrogens with one attached hydrogen (secondary N) is 1. The van der Waals surface area contributed by atoms with E-state index >= 15 is 0 Å². The zero-order valence-electron chi connectivity index (χ0n) is 11.4. The monoisotopic (exact) mass is 252 g/mol. The van der Waals surface area contributed by atoms with Gasteiger partial charge in [0.25, 0.3) is 0 Å². The molecule has 0 aromatic carbocycles. The summed E-state index contributed by atoms with van der Waals surface area (Å²) in [5.74, 6) is 1.60. The molecule has 1 aromatic heterocycles. The van der Waals surface area contributed by atoms with Crippen LogP contribution in [0.15, 0.2) is 5.38 Å². The number of aromatic nitrogens is 1. The van der Waals surface area contributed by atoms with Crippen LogP contribution in [0.2, 0.25) is 0 Å².